The average molecular weight is 352 g/mol. The summed E-state index contributed by atoms with van der Waals surface area (Å²) >= 11 is 2.83. The van der Waals surface area contributed by atoms with E-state index in [9.17, 15) is 4.79 Å². The predicted octanol–water partition coefficient (Wildman–Crippen LogP) is 3.25. The topological polar surface area (TPSA) is 67.4 Å². The lowest BCUT2D eigenvalue weighted by Gasteiger charge is -2.17. The summed E-state index contributed by atoms with van der Waals surface area (Å²) in [6, 6.07) is 7.62. The monoisotopic (exact) mass is 352 g/mol. The molecule has 2 aromatic rings. The molecule has 0 aliphatic heterocycles. The number of nitrogens with one attached hydrogen (secondary N) is 1. The molecule has 8 heteroatoms. The number of aromatic nitrogens is 2. The van der Waals surface area contributed by atoms with Gasteiger partial charge in [0.05, 0.1) is 18.6 Å². The molecular weight excluding hydrogens is 332 g/mol. The molecule has 6 nitrogen and oxygen atoms in total. The number of rotatable bonds is 8. The summed E-state index contributed by atoms with van der Waals surface area (Å²) in [6.07, 6.45) is 0. The highest BCUT2D eigenvalue weighted by Crippen LogP contribution is 2.31. The van der Waals surface area contributed by atoms with Crippen LogP contribution >= 0.6 is 23.1 Å². The van der Waals surface area contributed by atoms with Crippen molar-refractivity contribution in [3.8, 4) is 5.75 Å². The second kappa shape index (κ2) is 8.73. The normalized spacial score (nSPS) is 10.4. The van der Waals surface area contributed by atoms with Crippen molar-refractivity contribution < 1.29 is 9.53 Å². The molecule has 1 heterocycles. The van der Waals surface area contributed by atoms with Crippen LogP contribution in [0, 0.1) is 0 Å². The smallest absolute Gasteiger partial charge is 0.233 e. The van der Waals surface area contributed by atoms with E-state index in [-0.39, 0.29) is 5.91 Å². The Kier molecular flexibility index (Phi) is 6.66. The predicted molar refractivity (Wildman–Crippen MR) is 94.8 cm³/mol. The van der Waals surface area contributed by atoms with E-state index >= 15 is 0 Å². The molecule has 0 saturated heterocycles. The molecule has 0 fully saturated rings. The Morgan fingerprint density at radius 1 is 1.30 bits per heavy atom. The van der Waals surface area contributed by atoms with Gasteiger partial charge in [0, 0.05) is 13.1 Å². The van der Waals surface area contributed by atoms with Gasteiger partial charge in [-0.25, -0.2) is 0 Å². The van der Waals surface area contributed by atoms with Crippen LogP contribution in [-0.2, 0) is 4.79 Å². The highest BCUT2D eigenvalue weighted by Gasteiger charge is 2.13. The summed E-state index contributed by atoms with van der Waals surface area (Å²) in [4.78, 5) is 13.8. The fourth-order valence-electron chi connectivity index (χ4n) is 1.97. The van der Waals surface area contributed by atoms with E-state index in [4.69, 9.17) is 4.74 Å². The number of hydrogen-bond donors (Lipinski definition) is 1. The molecule has 2 rings (SSSR count). The van der Waals surface area contributed by atoms with Crippen LogP contribution in [0.25, 0.3) is 0 Å². The number of hydrogen-bond acceptors (Lipinski definition) is 7. The maximum absolute atomic E-state index is 12.0. The zero-order chi connectivity index (χ0) is 16.7. The fraction of sp³-hybridized carbons (Fsp3) is 0.400. The SMILES string of the molecule is CCN(CC)C(=O)CSc1nnc(Nc2ccccc2OC)s1. The van der Waals surface area contributed by atoms with Gasteiger partial charge in [-0.05, 0) is 26.0 Å². The van der Waals surface area contributed by atoms with E-state index in [1.165, 1.54) is 23.1 Å². The van der Waals surface area contributed by atoms with Crippen molar-refractivity contribution in [2.75, 3.05) is 31.3 Å². The van der Waals surface area contributed by atoms with Crippen LogP contribution in [0.1, 0.15) is 13.8 Å². The number of carbonyl (C=O) groups excluding carboxylic acids is 1. The summed E-state index contributed by atoms with van der Waals surface area (Å²) in [5.41, 5.74) is 0.835. The van der Waals surface area contributed by atoms with E-state index < -0.39 is 0 Å². The lowest BCUT2D eigenvalue weighted by Crippen LogP contribution is -2.31. The molecule has 1 amide bonds. The van der Waals surface area contributed by atoms with Crippen molar-refractivity contribution in [3.05, 3.63) is 24.3 Å². The van der Waals surface area contributed by atoms with Crippen molar-refractivity contribution in [3.63, 3.8) is 0 Å². The molecule has 1 aromatic heterocycles. The molecule has 23 heavy (non-hydrogen) atoms. The molecule has 1 aromatic carbocycles. The Morgan fingerprint density at radius 2 is 2.04 bits per heavy atom. The first-order chi connectivity index (χ1) is 11.2. The molecule has 0 atom stereocenters. The Morgan fingerprint density at radius 3 is 2.74 bits per heavy atom. The third-order valence-corrected chi connectivity index (χ3v) is 5.15. The van der Waals surface area contributed by atoms with Crippen LogP contribution < -0.4 is 10.1 Å². The maximum Gasteiger partial charge on any atom is 0.233 e. The minimum atomic E-state index is 0.120. The molecule has 0 spiro atoms. The van der Waals surface area contributed by atoms with E-state index in [1.807, 2.05) is 43.0 Å². The van der Waals surface area contributed by atoms with Gasteiger partial charge in [-0.3, -0.25) is 4.79 Å². The Balaban J connectivity index is 1.94. The highest BCUT2D eigenvalue weighted by molar-refractivity contribution is 8.01. The van der Waals surface area contributed by atoms with Gasteiger partial charge in [0.2, 0.25) is 11.0 Å². The van der Waals surface area contributed by atoms with Crippen molar-refractivity contribution >= 4 is 39.8 Å². The summed E-state index contributed by atoms with van der Waals surface area (Å²) in [7, 11) is 1.63. The number of nitrogens with zero attached hydrogens (tertiary/aromatic N) is 3. The van der Waals surface area contributed by atoms with E-state index in [0.29, 0.717) is 10.9 Å². The second-order valence-electron chi connectivity index (χ2n) is 4.55. The third kappa shape index (κ3) is 4.84. The lowest BCUT2D eigenvalue weighted by molar-refractivity contribution is -0.127. The number of amides is 1. The van der Waals surface area contributed by atoms with Crippen LogP contribution in [0.15, 0.2) is 28.6 Å². The van der Waals surface area contributed by atoms with Crippen LogP contribution in [0.4, 0.5) is 10.8 Å². The van der Waals surface area contributed by atoms with Crippen LogP contribution in [0.2, 0.25) is 0 Å². The van der Waals surface area contributed by atoms with Crippen molar-refractivity contribution in [1.82, 2.24) is 15.1 Å². The molecule has 0 aliphatic rings. The fourth-order valence-corrected chi connectivity index (χ4v) is 3.64. The Labute approximate surface area is 144 Å². The summed E-state index contributed by atoms with van der Waals surface area (Å²) < 4.78 is 6.06. The zero-order valence-electron chi connectivity index (χ0n) is 13.4. The Hall–Kier alpha value is -1.80. The molecule has 0 aliphatic carbocycles. The summed E-state index contributed by atoms with van der Waals surface area (Å²) in [6.45, 7) is 5.41. The van der Waals surface area contributed by atoms with E-state index in [0.717, 1.165) is 28.9 Å². The second-order valence-corrected chi connectivity index (χ2v) is 6.75. The minimum absolute atomic E-state index is 0.120. The third-order valence-electron chi connectivity index (χ3n) is 3.19. The van der Waals surface area contributed by atoms with Gasteiger partial charge >= 0.3 is 0 Å². The van der Waals surface area contributed by atoms with Gasteiger partial charge in [-0.15, -0.1) is 10.2 Å². The van der Waals surface area contributed by atoms with E-state index in [1.54, 1.807) is 7.11 Å². The zero-order valence-corrected chi connectivity index (χ0v) is 15.0. The molecule has 124 valence electrons. The summed E-state index contributed by atoms with van der Waals surface area (Å²) in [5, 5.41) is 12.1. The molecule has 0 unspecified atom stereocenters. The maximum atomic E-state index is 12.0. The number of benzene rings is 1. The standard InChI is InChI=1S/C15H20N4O2S2/c1-4-19(5-2)13(20)10-22-15-18-17-14(23-15)16-11-8-6-7-9-12(11)21-3/h6-9H,4-5,10H2,1-3H3,(H,16,17). The number of ether oxygens (including phenoxy) is 1. The average Bonchev–Trinajstić information content (AvgIpc) is 3.02. The van der Waals surface area contributed by atoms with Gasteiger partial charge in [0.15, 0.2) is 4.34 Å². The van der Waals surface area contributed by atoms with Gasteiger partial charge < -0.3 is 15.0 Å². The molecule has 1 N–H and O–H groups in total. The van der Waals surface area contributed by atoms with E-state index in [2.05, 4.69) is 15.5 Å². The number of methoxy groups -OCH3 is 1. The van der Waals surface area contributed by atoms with Gasteiger partial charge in [-0.2, -0.15) is 0 Å². The highest BCUT2D eigenvalue weighted by atomic mass is 32.2. The van der Waals surface area contributed by atoms with Crippen molar-refractivity contribution in [2.24, 2.45) is 0 Å². The van der Waals surface area contributed by atoms with Crippen LogP contribution in [0.3, 0.4) is 0 Å². The van der Waals surface area contributed by atoms with Gasteiger partial charge in [-0.1, -0.05) is 35.2 Å². The van der Waals surface area contributed by atoms with Gasteiger partial charge in [0.1, 0.15) is 5.75 Å². The largest absolute Gasteiger partial charge is 0.495 e. The first-order valence-corrected chi connectivity index (χ1v) is 9.12. The number of para-hydroxylation sites is 2. The lowest BCUT2D eigenvalue weighted by atomic mass is 10.3. The minimum Gasteiger partial charge on any atom is -0.495 e. The number of carbonyl (C=O) groups is 1. The number of thioether (sulfide) groups is 1. The molecular formula is C15H20N4O2S2. The quantitative estimate of drug-likeness (QED) is 0.736. The molecule has 0 saturated carbocycles. The first-order valence-electron chi connectivity index (χ1n) is 7.32. The molecule has 0 radical (unpaired) electrons. The van der Waals surface area contributed by atoms with Crippen molar-refractivity contribution in [1.29, 1.82) is 0 Å². The molecule has 0 bridgehead atoms. The van der Waals surface area contributed by atoms with Crippen LogP contribution in [0.5, 0.6) is 5.75 Å². The summed E-state index contributed by atoms with van der Waals surface area (Å²) in [5.74, 6) is 1.24. The van der Waals surface area contributed by atoms with Crippen molar-refractivity contribution in [2.45, 2.75) is 18.2 Å². The van der Waals surface area contributed by atoms with Gasteiger partial charge in [0.25, 0.3) is 0 Å². The number of anilines is 2. The van der Waals surface area contributed by atoms with Crippen LogP contribution in [-0.4, -0.2) is 47.0 Å². The first kappa shape index (κ1) is 17.6. The Bertz CT molecular complexity index is 644.